The van der Waals surface area contributed by atoms with Gasteiger partial charge in [0.2, 0.25) is 0 Å². The molecule has 0 aliphatic rings. The summed E-state index contributed by atoms with van der Waals surface area (Å²) in [6.45, 7) is 0. The second kappa shape index (κ2) is 6.34. The third-order valence-corrected chi connectivity index (χ3v) is 3.46. The Balaban J connectivity index is 1.94. The van der Waals surface area contributed by atoms with E-state index in [0.717, 1.165) is 16.9 Å². The van der Waals surface area contributed by atoms with Gasteiger partial charge in [0.05, 0.1) is 16.7 Å². The Morgan fingerprint density at radius 1 is 1.00 bits per heavy atom. The molecule has 0 fully saturated rings. The predicted octanol–water partition coefficient (Wildman–Crippen LogP) is 5.47. The number of nitrogens with zero attached hydrogens (tertiary/aromatic N) is 1. The fourth-order valence-electron chi connectivity index (χ4n) is 2.12. The van der Waals surface area contributed by atoms with Crippen LogP contribution in [0.4, 0.5) is 0 Å². The van der Waals surface area contributed by atoms with Crippen molar-refractivity contribution in [3.63, 3.8) is 0 Å². The number of rotatable bonds is 3. The minimum absolute atomic E-state index is 0.488. The smallest absolute Gasteiger partial charge is 0.146 e. The second-order valence-electron chi connectivity index (χ2n) is 4.63. The molecular formula is C19H11ClNO. The van der Waals surface area contributed by atoms with Crippen molar-refractivity contribution in [2.45, 2.75) is 0 Å². The molecule has 105 valence electrons. The standard InChI is InChI=1S/C19H11ClNO/c20-18-12-14(17-9-5-4-6-15(17)13-21)10-11-19(18)22-16-7-2-1-3-8-16/h1-8,10-12H. The van der Waals surface area contributed by atoms with E-state index in [2.05, 4.69) is 12.1 Å². The van der Waals surface area contributed by atoms with E-state index in [9.17, 15) is 5.26 Å². The summed E-state index contributed by atoms with van der Waals surface area (Å²) in [5.41, 5.74) is 2.14. The minimum atomic E-state index is 0.488. The monoisotopic (exact) mass is 304 g/mol. The van der Waals surface area contributed by atoms with E-state index in [1.165, 1.54) is 0 Å². The molecule has 0 atom stereocenters. The van der Waals surface area contributed by atoms with Crippen LogP contribution in [0.5, 0.6) is 11.5 Å². The zero-order valence-corrected chi connectivity index (χ0v) is 12.3. The lowest BCUT2D eigenvalue weighted by Gasteiger charge is -2.10. The van der Waals surface area contributed by atoms with Crippen LogP contribution in [0.2, 0.25) is 5.02 Å². The molecule has 3 aromatic rings. The van der Waals surface area contributed by atoms with Gasteiger partial charge in [0.15, 0.2) is 0 Å². The first-order valence-corrected chi connectivity index (χ1v) is 7.09. The Bertz CT molecular complexity index is 838. The lowest BCUT2D eigenvalue weighted by Crippen LogP contribution is -1.88. The zero-order valence-electron chi connectivity index (χ0n) is 11.6. The molecule has 3 rings (SSSR count). The molecule has 0 aromatic heterocycles. The highest BCUT2D eigenvalue weighted by Crippen LogP contribution is 2.34. The van der Waals surface area contributed by atoms with Gasteiger partial charge in [-0.3, -0.25) is 0 Å². The van der Waals surface area contributed by atoms with Crippen molar-refractivity contribution >= 4 is 11.6 Å². The van der Waals surface area contributed by atoms with E-state index in [0.29, 0.717) is 16.3 Å². The molecule has 22 heavy (non-hydrogen) atoms. The van der Waals surface area contributed by atoms with Gasteiger partial charge >= 0.3 is 0 Å². The van der Waals surface area contributed by atoms with Crippen molar-refractivity contribution in [1.29, 1.82) is 5.26 Å². The van der Waals surface area contributed by atoms with E-state index < -0.39 is 0 Å². The number of benzene rings is 3. The van der Waals surface area contributed by atoms with Crippen LogP contribution < -0.4 is 4.74 Å². The lowest BCUT2D eigenvalue weighted by molar-refractivity contribution is 0.483. The molecule has 1 radical (unpaired) electrons. The van der Waals surface area contributed by atoms with Gasteiger partial charge in [-0.2, -0.15) is 5.26 Å². The molecule has 0 N–H and O–H groups in total. The van der Waals surface area contributed by atoms with E-state index in [1.54, 1.807) is 30.3 Å². The highest BCUT2D eigenvalue weighted by molar-refractivity contribution is 6.32. The fourth-order valence-corrected chi connectivity index (χ4v) is 2.34. The van der Waals surface area contributed by atoms with Crippen molar-refractivity contribution in [3.8, 4) is 28.7 Å². The van der Waals surface area contributed by atoms with E-state index in [-0.39, 0.29) is 0 Å². The SMILES string of the molecule is N#Cc1ccc[c]c1-c1ccc(Oc2ccccc2)c(Cl)c1. The molecule has 0 bridgehead atoms. The molecule has 3 heteroatoms. The quantitative estimate of drug-likeness (QED) is 0.642. The molecule has 0 unspecified atom stereocenters. The third-order valence-electron chi connectivity index (χ3n) is 3.17. The maximum absolute atomic E-state index is 9.17. The maximum Gasteiger partial charge on any atom is 0.146 e. The summed E-state index contributed by atoms with van der Waals surface area (Å²) in [6, 6.07) is 25.5. The Morgan fingerprint density at radius 2 is 1.82 bits per heavy atom. The highest BCUT2D eigenvalue weighted by Gasteiger charge is 2.09. The average Bonchev–Trinajstić information content (AvgIpc) is 2.57. The van der Waals surface area contributed by atoms with Gasteiger partial charge in [-0.1, -0.05) is 48.0 Å². The summed E-state index contributed by atoms with van der Waals surface area (Å²) >= 11 is 6.30. The molecule has 0 saturated heterocycles. The molecule has 0 heterocycles. The number of nitriles is 1. The molecule has 3 aromatic carbocycles. The molecular weight excluding hydrogens is 294 g/mol. The number of ether oxygens (including phenoxy) is 1. The van der Waals surface area contributed by atoms with Crippen molar-refractivity contribution < 1.29 is 4.74 Å². The first-order valence-electron chi connectivity index (χ1n) is 6.71. The van der Waals surface area contributed by atoms with Gasteiger partial charge in [-0.15, -0.1) is 0 Å². The summed E-state index contributed by atoms with van der Waals surface area (Å²) in [7, 11) is 0. The summed E-state index contributed by atoms with van der Waals surface area (Å²) < 4.78 is 5.75. The van der Waals surface area contributed by atoms with Crippen molar-refractivity contribution in [2.75, 3.05) is 0 Å². The van der Waals surface area contributed by atoms with Gasteiger partial charge in [0.1, 0.15) is 11.5 Å². The first-order chi connectivity index (χ1) is 10.8. The minimum Gasteiger partial charge on any atom is -0.456 e. The van der Waals surface area contributed by atoms with Crippen molar-refractivity contribution in [3.05, 3.63) is 83.4 Å². The normalized spacial score (nSPS) is 10.0. The van der Waals surface area contributed by atoms with E-state index in [1.807, 2.05) is 36.4 Å². The molecule has 2 nitrogen and oxygen atoms in total. The first kappa shape index (κ1) is 14.2. The number of hydrogen-bond donors (Lipinski definition) is 0. The van der Waals surface area contributed by atoms with Crippen LogP contribution in [-0.4, -0.2) is 0 Å². The lowest BCUT2D eigenvalue weighted by atomic mass is 10.0. The Hall–Kier alpha value is -2.76. The Labute approximate surface area is 134 Å². The number of halogens is 1. The zero-order chi connectivity index (χ0) is 15.4. The van der Waals surface area contributed by atoms with Crippen molar-refractivity contribution in [1.82, 2.24) is 0 Å². The number of hydrogen-bond acceptors (Lipinski definition) is 2. The van der Waals surface area contributed by atoms with Crippen LogP contribution in [0.15, 0.2) is 66.7 Å². The summed E-state index contributed by atoms with van der Waals surface area (Å²) in [4.78, 5) is 0. The highest BCUT2D eigenvalue weighted by atomic mass is 35.5. The molecule has 0 aliphatic carbocycles. The molecule has 0 aliphatic heterocycles. The van der Waals surface area contributed by atoms with Crippen LogP contribution in [0.1, 0.15) is 5.56 Å². The fraction of sp³-hybridized carbons (Fsp3) is 0. The second-order valence-corrected chi connectivity index (χ2v) is 5.04. The van der Waals surface area contributed by atoms with Crippen LogP contribution in [0.3, 0.4) is 0 Å². The summed E-state index contributed by atoms with van der Waals surface area (Å²) in [6.07, 6.45) is 0. The van der Waals surface area contributed by atoms with Gasteiger partial charge in [-0.05, 0) is 42.0 Å². The maximum atomic E-state index is 9.17. The average molecular weight is 305 g/mol. The number of para-hydroxylation sites is 1. The molecule has 0 amide bonds. The van der Waals surface area contributed by atoms with Crippen molar-refractivity contribution in [2.24, 2.45) is 0 Å². The van der Waals surface area contributed by atoms with Gasteiger partial charge in [0, 0.05) is 5.56 Å². The summed E-state index contributed by atoms with van der Waals surface area (Å²) in [5, 5.41) is 9.66. The predicted molar refractivity (Wildman–Crippen MR) is 87.0 cm³/mol. The van der Waals surface area contributed by atoms with Gasteiger partial charge in [0.25, 0.3) is 0 Å². The van der Waals surface area contributed by atoms with Gasteiger partial charge < -0.3 is 4.74 Å². The van der Waals surface area contributed by atoms with Crippen LogP contribution in [-0.2, 0) is 0 Å². The van der Waals surface area contributed by atoms with Gasteiger partial charge in [-0.25, -0.2) is 0 Å². The van der Waals surface area contributed by atoms with Crippen LogP contribution in [0.25, 0.3) is 11.1 Å². The summed E-state index contributed by atoms with van der Waals surface area (Å²) in [5.74, 6) is 1.30. The van der Waals surface area contributed by atoms with Crippen LogP contribution >= 0.6 is 11.6 Å². The van der Waals surface area contributed by atoms with Crippen LogP contribution in [0, 0.1) is 17.4 Å². The molecule has 0 spiro atoms. The Morgan fingerprint density at radius 3 is 2.55 bits per heavy atom. The Kier molecular flexibility index (Phi) is 4.09. The molecule has 0 saturated carbocycles. The van der Waals surface area contributed by atoms with E-state index in [4.69, 9.17) is 16.3 Å². The topological polar surface area (TPSA) is 33.0 Å². The third kappa shape index (κ3) is 2.95. The largest absolute Gasteiger partial charge is 0.456 e. The van der Waals surface area contributed by atoms with E-state index >= 15 is 0 Å².